The number of carbonyl (C=O) groups excluding carboxylic acids is 1. The molecule has 0 fully saturated rings. The zero-order valence-electron chi connectivity index (χ0n) is 7.78. The second-order valence-corrected chi connectivity index (χ2v) is 3.60. The number of hydrogen-bond acceptors (Lipinski definition) is 4. The normalized spacial score (nSPS) is 13.8. The van der Waals surface area contributed by atoms with Gasteiger partial charge in [-0.05, 0) is 13.2 Å². The van der Waals surface area contributed by atoms with Crippen molar-refractivity contribution in [3.8, 4) is 0 Å². The molecular formula is C7H15N3O2S. The van der Waals surface area contributed by atoms with Crippen molar-refractivity contribution in [3.05, 3.63) is 0 Å². The molecule has 6 heteroatoms. The van der Waals surface area contributed by atoms with E-state index < -0.39 is 0 Å². The molecule has 0 rings (SSSR count). The Kier molecular flexibility index (Phi) is 6.13. The highest BCUT2D eigenvalue weighted by Crippen LogP contribution is 1.96. The molecule has 0 aromatic carbocycles. The first-order chi connectivity index (χ1) is 6.10. The summed E-state index contributed by atoms with van der Waals surface area (Å²) in [6, 6.07) is 0.106. The zero-order chi connectivity index (χ0) is 10.3. The average molecular weight is 205 g/mol. The Hall–Kier alpha value is -0.910. The standard InChI is InChI=1S/C7H15N3O2S/c1-5(4-13-2)9-7(11)3-6(8)10-12/h5,12H,3-4H2,1-2H3,(H2,8,10)(H,9,11). The van der Waals surface area contributed by atoms with E-state index in [1.165, 1.54) is 0 Å². The van der Waals surface area contributed by atoms with Crippen molar-refractivity contribution in [2.24, 2.45) is 10.9 Å². The van der Waals surface area contributed by atoms with E-state index in [1.807, 2.05) is 13.2 Å². The van der Waals surface area contributed by atoms with Crippen LogP contribution in [0.25, 0.3) is 0 Å². The van der Waals surface area contributed by atoms with E-state index in [1.54, 1.807) is 11.8 Å². The van der Waals surface area contributed by atoms with Gasteiger partial charge in [0.05, 0.1) is 6.42 Å². The van der Waals surface area contributed by atoms with Gasteiger partial charge in [0.25, 0.3) is 0 Å². The van der Waals surface area contributed by atoms with Crippen LogP contribution in [-0.2, 0) is 4.79 Å². The van der Waals surface area contributed by atoms with Crippen molar-refractivity contribution < 1.29 is 10.0 Å². The predicted molar refractivity (Wildman–Crippen MR) is 54.0 cm³/mol. The van der Waals surface area contributed by atoms with Crippen LogP contribution in [0.1, 0.15) is 13.3 Å². The van der Waals surface area contributed by atoms with Gasteiger partial charge in [-0.2, -0.15) is 11.8 Å². The Labute approximate surface area is 81.7 Å². The SMILES string of the molecule is CSCC(C)NC(=O)CC(N)=NO. The smallest absolute Gasteiger partial charge is 0.227 e. The fraction of sp³-hybridized carbons (Fsp3) is 0.714. The maximum absolute atomic E-state index is 11.1. The molecule has 5 nitrogen and oxygen atoms in total. The molecule has 0 radical (unpaired) electrons. The number of thioether (sulfide) groups is 1. The molecule has 0 aromatic rings. The molecule has 1 unspecified atom stereocenters. The van der Waals surface area contributed by atoms with Gasteiger partial charge in [0.15, 0.2) is 0 Å². The molecule has 0 saturated heterocycles. The van der Waals surface area contributed by atoms with Gasteiger partial charge in [-0.1, -0.05) is 5.16 Å². The van der Waals surface area contributed by atoms with E-state index in [0.29, 0.717) is 0 Å². The Morgan fingerprint density at radius 1 is 1.77 bits per heavy atom. The Morgan fingerprint density at radius 2 is 2.38 bits per heavy atom. The third-order valence-electron chi connectivity index (χ3n) is 1.29. The molecule has 1 atom stereocenters. The highest BCUT2D eigenvalue weighted by Gasteiger charge is 2.08. The monoisotopic (exact) mass is 205 g/mol. The predicted octanol–water partition coefficient (Wildman–Crippen LogP) is -0.00940. The summed E-state index contributed by atoms with van der Waals surface area (Å²) >= 11 is 1.65. The topological polar surface area (TPSA) is 87.7 Å². The van der Waals surface area contributed by atoms with Crippen LogP contribution >= 0.6 is 11.8 Å². The Morgan fingerprint density at radius 3 is 2.85 bits per heavy atom. The molecule has 0 aliphatic carbocycles. The lowest BCUT2D eigenvalue weighted by Gasteiger charge is -2.11. The van der Waals surface area contributed by atoms with Gasteiger partial charge in [0.2, 0.25) is 5.91 Å². The fourth-order valence-corrected chi connectivity index (χ4v) is 1.40. The van der Waals surface area contributed by atoms with Crippen LogP contribution < -0.4 is 11.1 Å². The van der Waals surface area contributed by atoms with Gasteiger partial charge in [0.1, 0.15) is 5.84 Å². The molecule has 0 aliphatic heterocycles. The summed E-state index contributed by atoms with van der Waals surface area (Å²) in [6.45, 7) is 1.90. The van der Waals surface area contributed by atoms with Crippen LogP contribution in [0.2, 0.25) is 0 Å². The molecule has 0 bridgehead atoms. The van der Waals surface area contributed by atoms with Crippen LogP contribution in [0.5, 0.6) is 0 Å². The van der Waals surface area contributed by atoms with Crippen molar-refractivity contribution in [3.63, 3.8) is 0 Å². The lowest BCUT2D eigenvalue weighted by atomic mass is 10.3. The first kappa shape index (κ1) is 12.1. The molecule has 13 heavy (non-hydrogen) atoms. The number of carbonyl (C=O) groups is 1. The van der Waals surface area contributed by atoms with Crippen molar-refractivity contribution in [2.75, 3.05) is 12.0 Å². The molecule has 4 N–H and O–H groups in total. The summed E-state index contributed by atoms with van der Waals surface area (Å²) in [5.41, 5.74) is 5.16. The van der Waals surface area contributed by atoms with E-state index in [9.17, 15) is 4.79 Å². The van der Waals surface area contributed by atoms with E-state index >= 15 is 0 Å². The minimum atomic E-state index is -0.225. The molecule has 76 valence electrons. The van der Waals surface area contributed by atoms with Gasteiger partial charge in [-0.15, -0.1) is 0 Å². The van der Waals surface area contributed by atoms with Crippen molar-refractivity contribution in [2.45, 2.75) is 19.4 Å². The second-order valence-electron chi connectivity index (χ2n) is 2.69. The molecule has 0 heterocycles. The number of nitrogens with two attached hydrogens (primary N) is 1. The van der Waals surface area contributed by atoms with Gasteiger partial charge >= 0.3 is 0 Å². The van der Waals surface area contributed by atoms with Crippen LogP contribution in [-0.4, -0.2) is 35.0 Å². The third kappa shape index (κ3) is 6.27. The summed E-state index contributed by atoms with van der Waals surface area (Å²) in [4.78, 5) is 11.1. The van der Waals surface area contributed by atoms with Gasteiger partial charge in [-0.25, -0.2) is 0 Å². The molecular weight excluding hydrogens is 190 g/mol. The summed E-state index contributed by atoms with van der Waals surface area (Å²) in [6.07, 6.45) is 1.90. The molecule has 0 aliphatic rings. The Bertz CT molecular complexity index is 196. The number of amidine groups is 1. The minimum absolute atomic E-state index is 0.0603. The number of rotatable bonds is 5. The minimum Gasteiger partial charge on any atom is -0.409 e. The third-order valence-corrected chi connectivity index (χ3v) is 2.13. The summed E-state index contributed by atoms with van der Waals surface area (Å²) in [5.74, 6) is 0.549. The molecule has 0 saturated carbocycles. The summed E-state index contributed by atoms with van der Waals surface area (Å²) in [7, 11) is 0. The maximum Gasteiger partial charge on any atom is 0.227 e. The average Bonchev–Trinajstić information content (AvgIpc) is 2.04. The highest BCUT2D eigenvalue weighted by atomic mass is 32.2. The largest absolute Gasteiger partial charge is 0.409 e. The van der Waals surface area contributed by atoms with Crippen LogP contribution in [0.4, 0.5) is 0 Å². The first-order valence-corrected chi connectivity index (χ1v) is 5.24. The fourth-order valence-electron chi connectivity index (χ4n) is 0.817. The quantitative estimate of drug-likeness (QED) is 0.255. The lowest BCUT2D eigenvalue weighted by molar-refractivity contribution is -0.120. The van der Waals surface area contributed by atoms with E-state index in [-0.39, 0.29) is 24.2 Å². The maximum atomic E-state index is 11.1. The van der Waals surface area contributed by atoms with Crippen LogP contribution in [0.3, 0.4) is 0 Å². The number of nitrogens with zero attached hydrogens (tertiary/aromatic N) is 1. The molecule has 0 spiro atoms. The van der Waals surface area contributed by atoms with Crippen molar-refractivity contribution in [1.29, 1.82) is 0 Å². The van der Waals surface area contributed by atoms with Crippen LogP contribution in [0.15, 0.2) is 5.16 Å². The number of nitrogens with one attached hydrogen (secondary N) is 1. The van der Waals surface area contributed by atoms with E-state index in [4.69, 9.17) is 10.9 Å². The first-order valence-electron chi connectivity index (χ1n) is 3.84. The van der Waals surface area contributed by atoms with Crippen LogP contribution in [0, 0.1) is 0 Å². The van der Waals surface area contributed by atoms with Gasteiger partial charge < -0.3 is 16.3 Å². The van der Waals surface area contributed by atoms with E-state index in [2.05, 4.69) is 10.5 Å². The zero-order valence-corrected chi connectivity index (χ0v) is 8.60. The van der Waals surface area contributed by atoms with E-state index in [0.717, 1.165) is 5.75 Å². The number of oxime groups is 1. The summed E-state index contributed by atoms with van der Waals surface area (Å²) < 4.78 is 0. The highest BCUT2D eigenvalue weighted by molar-refractivity contribution is 7.98. The number of hydrogen-bond donors (Lipinski definition) is 3. The lowest BCUT2D eigenvalue weighted by Crippen LogP contribution is -2.36. The van der Waals surface area contributed by atoms with Gasteiger partial charge in [0, 0.05) is 11.8 Å². The molecule has 1 amide bonds. The summed E-state index contributed by atoms with van der Waals surface area (Å²) in [5, 5.41) is 13.6. The molecule has 0 aromatic heterocycles. The van der Waals surface area contributed by atoms with Crippen molar-refractivity contribution >= 4 is 23.5 Å². The van der Waals surface area contributed by atoms with Gasteiger partial charge in [-0.3, -0.25) is 4.79 Å². The second kappa shape index (κ2) is 6.59. The Balaban J connectivity index is 3.74. The van der Waals surface area contributed by atoms with Crippen molar-refractivity contribution in [1.82, 2.24) is 5.32 Å². The number of amides is 1.